The van der Waals surface area contributed by atoms with Crippen molar-refractivity contribution in [2.75, 3.05) is 6.54 Å². The van der Waals surface area contributed by atoms with Crippen molar-refractivity contribution >= 4 is 5.88 Å². The summed E-state index contributed by atoms with van der Waals surface area (Å²) in [4.78, 5) is 9.98. The van der Waals surface area contributed by atoms with Crippen LogP contribution in [0.25, 0.3) is 0 Å². The molecular formula is C13H18N2O3. The zero-order valence-corrected chi connectivity index (χ0v) is 10.3. The van der Waals surface area contributed by atoms with Crippen LogP contribution < -0.4 is 5.32 Å². The van der Waals surface area contributed by atoms with Gasteiger partial charge in [-0.15, -0.1) is 0 Å². The normalized spacial score (nSPS) is 19.4. The number of hydrogen-bond donors (Lipinski definition) is 1. The maximum atomic E-state index is 10.5. The van der Waals surface area contributed by atoms with Gasteiger partial charge in [-0.05, 0) is 56.0 Å². The van der Waals surface area contributed by atoms with Crippen molar-refractivity contribution in [3.8, 4) is 0 Å². The molecule has 0 aliphatic heterocycles. The second kappa shape index (κ2) is 4.72. The second-order valence-corrected chi connectivity index (χ2v) is 5.47. The highest BCUT2D eigenvalue weighted by atomic mass is 16.6. The van der Waals surface area contributed by atoms with E-state index in [1.165, 1.54) is 31.7 Å². The third-order valence-corrected chi connectivity index (χ3v) is 3.96. The minimum absolute atomic E-state index is 0.173. The number of nitrogens with zero attached hydrogens (tertiary/aromatic N) is 1. The van der Waals surface area contributed by atoms with Gasteiger partial charge in [0.2, 0.25) is 0 Å². The minimum atomic E-state index is -0.499. The molecule has 0 spiro atoms. The Hall–Kier alpha value is -1.36. The summed E-state index contributed by atoms with van der Waals surface area (Å²) in [5.74, 6) is 3.14. The van der Waals surface area contributed by atoms with Crippen molar-refractivity contribution in [3.63, 3.8) is 0 Å². The summed E-state index contributed by atoms with van der Waals surface area (Å²) in [6, 6.07) is 3.09. The fourth-order valence-electron chi connectivity index (χ4n) is 2.69. The molecule has 3 rings (SSSR count). The van der Waals surface area contributed by atoms with E-state index >= 15 is 0 Å². The second-order valence-electron chi connectivity index (χ2n) is 5.47. The number of nitro groups is 1. The Morgan fingerprint density at radius 3 is 2.50 bits per heavy atom. The summed E-state index contributed by atoms with van der Waals surface area (Å²) in [6.07, 6.45) is 5.54. The summed E-state index contributed by atoms with van der Waals surface area (Å²) < 4.78 is 5.12. The Morgan fingerprint density at radius 1 is 1.33 bits per heavy atom. The lowest BCUT2D eigenvalue weighted by Gasteiger charge is -2.15. The molecule has 98 valence electrons. The van der Waals surface area contributed by atoms with Crippen molar-refractivity contribution < 1.29 is 9.34 Å². The highest BCUT2D eigenvalue weighted by Crippen LogP contribution is 2.48. The number of hydrogen-bond acceptors (Lipinski definition) is 4. The van der Waals surface area contributed by atoms with E-state index in [2.05, 4.69) is 5.32 Å². The van der Waals surface area contributed by atoms with Crippen molar-refractivity contribution in [1.29, 1.82) is 0 Å². The van der Waals surface area contributed by atoms with E-state index in [-0.39, 0.29) is 5.88 Å². The quantitative estimate of drug-likeness (QED) is 0.596. The van der Waals surface area contributed by atoms with Crippen molar-refractivity contribution in [3.05, 3.63) is 28.0 Å². The van der Waals surface area contributed by atoms with E-state index in [0.717, 1.165) is 24.3 Å². The van der Waals surface area contributed by atoms with Crippen LogP contribution in [-0.2, 0) is 6.54 Å². The van der Waals surface area contributed by atoms with E-state index < -0.39 is 4.92 Å². The van der Waals surface area contributed by atoms with Crippen LogP contribution in [0.1, 0.15) is 31.4 Å². The summed E-state index contributed by atoms with van der Waals surface area (Å²) in [6.45, 7) is 1.60. The molecule has 1 aromatic heterocycles. The largest absolute Gasteiger partial charge is 0.433 e. The van der Waals surface area contributed by atoms with Crippen LogP contribution in [0.5, 0.6) is 0 Å². The maximum Gasteiger partial charge on any atom is 0.433 e. The lowest BCUT2D eigenvalue weighted by molar-refractivity contribution is -0.402. The monoisotopic (exact) mass is 250 g/mol. The molecule has 2 aliphatic carbocycles. The van der Waals surface area contributed by atoms with Crippen LogP contribution in [-0.4, -0.2) is 11.5 Å². The Bertz CT molecular complexity index is 423. The number of rotatable bonds is 7. The average Bonchev–Trinajstić information content (AvgIpc) is 3.25. The van der Waals surface area contributed by atoms with E-state index in [1.807, 2.05) is 0 Å². The molecule has 5 heteroatoms. The van der Waals surface area contributed by atoms with Gasteiger partial charge < -0.3 is 9.73 Å². The number of nitrogens with one attached hydrogen (secondary N) is 1. The fourth-order valence-corrected chi connectivity index (χ4v) is 2.69. The molecule has 0 radical (unpaired) electrons. The first kappa shape index (κ1) is 11.7. The molecule has 18 heavy (non-hydrogen) atoms. The molecular weight excluding hydrogens is 232 g/mol. The van der Waals surface area contributed by atoms with Gasteiger partial charge in [-0.25, -0.2) is 0 Å². The van der Waals surface area contributed by atoms with Gasteiger partial charge in [0.25, 0.3) is 0 Å². The smallest absolute Gasteiger partial charge is 0.404 e. The predicted octanol–water partition coefficient (Wildman–Crippen LogP) is 2.71. The topological polar surface area (TPSA) is 68.3 Å². The number of furan rings is 1. The lowest BCUT2D eigenvalue weighted by Crippen LogP contribution is -2.25. The Morgan fingerprint density at radius 2 is 2.00 bits per heavy atom. The zero-order valence-electron chi connectivity index (χ0n) is 10.3. The Kier molecular flexibility index (Phi) is 3.07. The van der Waals surface area contributed by atoms with Gasteiger partial charge in [0, 0.05) is 0 Å². The predicted molar refractivity (Wildman–Crippen MR) is 66.0 cm³/mol. The standard InChI is InChI=1S/C13H18N2O3/c16-15(17)13-6-5-11(18-13)7-14-8-12(9-1-2-9)10-3-4-10/h5-6,9-10,12,14H,1-4,7-8H2. The third-order valence-electron chi connectivity index (χ3n) is 3.96. The Labute approximate surface area is 106 Å². The summed E-state index contributed by atoms with van der Waals surface area (Å²) in [7, 11) is 0. The molecule has 0 unspecified atom stereocenters. The molecule has 0 amide bonds. The van der Waals surface area contributed by atoms with Gasteiger partial charge >= 0.3 is 5.88 Å². The van der Waals surface area contributed by atoms with E-state index in [1.54, 1.807) is 6.07 Å². The fraction of sp³-hybridized carbons (Fsp3) is 0.692. The van der Waals surface area contributed by atoms with Gasteiger partial charge in [0.1, 0.15) is 10.7 Å². The van der Waals surface area contributed by atoms with E-state index in [9.17, 15) is 10.1 Å². The van der Waals surface area contributed by atoms with Crippen molar-refractivity contribution in [2.24, 2.45) is 17.8 Å². The molecule has 0 bridgehead atoms. The highest BCUT2D eigenvalue weighted by Gasteiger charge is 2.40. The first-order chi connectivity index (χ1) is 8.74. The highest BCUT2D eigenvalue weighted by molar-refractivity contribution is 5.17. The van der Waals surface area contributed by atoms with E-state index in [0.29, 0.717) is 12.3 Å². The Balaban J connectivity index is 1.46. The maximum absolute atomic E-state index is 10.5. The summed E-state index contributed by atoms with van der Waals surface area (Å²) in [5.41, 5.74) is 0. The molecule has 1 heterocycles. The molecule has 1 N–H and O–H groups in total. The van der Waals surface area contributed by atoms with Gasteiger partial charge in [0.15, 0.2) is 0 Å². The van der Waals surface area contributed by atoms with Crippen LogP contribution >= 0.6 is 0 Å². The van der Waals surface area contributed by atoms with Crippen LogP contribution in [0.15, 0.2) is 16.5 Å². The van der Waals surface area contributed by atoms with E-state index in [4.69, 9.17) is 4.42 Å². The molecule has 2 fully saturated rings. The molecule has 0 atom stereocenters. The van der Waals surface area contributed by atoms with Gasteiger partial charge in [-0.3, -0.25) is 10.1 Å². The first-order valence-electron chi connectivity index (χ1n) is 6.68. The summed E-state index contributed by atoms with van der Waals surface area (Å²) >= 11 is 0. The SMILES string of the molecule is O=[N+]([O-])c1ccc(CNCC(C2CC2)C2CC2)o1. The average molecular weight is 250 g/mol. The van der Waals surface area contributed by atoms with Crippen LogP contribution in [0, 0.1) is 27.9 Å². The van der Waals surface area contributed by atoms with Crippen LogP contribution in [0.4, 0.5) is 5.88 Å². The van der Waals surface area contributed by atoms with Gasteiger partial charge in [-0.2, -0.15) is 0 Å². The molecule has 2 aliphatic rings. The van der Waals surface area contributed by atoms with Gasteiger partial charge in [-0.1, -0.05) is 0 Å². The molecule has 0 aromatic carbocycles. The molecule has 1 aromatic rings. The van der Waals surface area contributed by atoms with Crippen molar-refractivity contribution in [1.82, 2.24) is 5.32 Å². The molecule has 5 nitrogen and oxygen atoms in total. The molecule has 2 saturated carbocycles. The first-order valence-corrected chi connectivity index (χ1v) is 6.68. The minimum Gasteiger partial charge on any atom is -0.404 e. The van der Waals surface area contributed by atoms with Crippen LogP contribution in [0.2, 0.25) is 0 Å². The molecule has 0 saturated heterocycles. The lowest BCUT2D eigenvalue weighted by atomic mass is 9.98. The van der Waals surface area contributed by atoms with Crippen LogP contribution in [0.3, 0.4) is 0 Å². The third kappa shape index (κ3) is 2.72. The van der Waals surface area contributed by atoms with Crippen molar-refractivity contribution in [2.45, 2.75) is 32.2 Å². The zero-order chi connectivity index (χ0) is 12.5. The summed E-state index contributed by atoms with van der Waals surface area (Å²) in [5, 5.41) is 13.9. The van der Waals surface area contributed by atoms with Gasteiger partial charge in [0.05, 0.1) is 12.6 Å².